The average molecular weight is 483 g/mol. The summed E-state index contributed by atoms with van der Waals surface area (Å²) in [6.07, 6.45) is 4.11. The van der Waals surface area contributed by atoms with Gasteiger partial charge in [-0.25, -0.2) is 4.79 Å². The molecule has 0 fully saturated rings. The highest BCUT2D eigenvalue weighted by molar-refractivity contribution is 6.41. The predicted molar refractivity (Wildman–Crippen MR) is 135 cm³/mol. The molecule has 0 saturated heterocycles. The molecule has 0 bridgehead atoms. The lowest BCUT2D eigenvalue weighted by Crippen LogP contribution is -2.53. The van der Waals surface area contributed by atoms with E-state index in [9.17, 15) is 4.79 Å². The van der Waals surface area contributed by atoms with Gasteiger partial charge in [0.2, 0.25) is 0 Å². The monoisotopic (exact) mass is 483 g/mol. The molecule has 0 spiro atoms. The van der Waals surface area contributed by atoms with Gasteiger partial charge in [-0.15, -0.1) is 0 Å². The molecule has 1 aliphatic heterocycles. The number of ether oxygens (including phenoxy) is 3. The first-order valence-electron chi connectivity index (χ1n) is 12.5. The van der Waals surface area contributed by atoms with E-state index in [4.69, 9.17) is 23.5 Å². The lowest BCUT2D eigenvalue weighted by atomic mass is 9.97. The van der Waals surface area contributed by atoms with Gasteiger partial charge in [-0.05, 0) is 37.9 Å². The van der Waals surface area contributed by atoms with Crippen molar-refractivity contribution in [2.45, 2.75) is 85.7 Å². The quantitative estimate of drug-likeness (QED) is 0.221. The van der Waals surface area contributed by atoms with Crippen LogP contribution in [-0.2, 0) is 23.5 Å². The van der Waals surface area contributed by atoms with Crippen LogP contribution in [0.2, 0.25) is 0 Å². The highest BCUT2D eigenvalue weighted by Crippen LogP contribution is 2.16. The number of nitrogens with zero attached hydrogens (tertiary/aromatic N) is 2. The Kier molecular flexibility index (Phi) is 15.4. The largest absolute Gasteiger partial charge is 0.558 e. The molecule has 1 heterocycles. The minimum absolute atomic E-state index is 0.202. The summed E-state index contributed by atoms with van der Waals surface area (Å²) in [6, 6.07) is 0.200. The lowest BCUT2D eigenvalue weighted by molar-refractivity contribution is -0.121. The minimum Gasteiger partial charge on any atom is -0.397 e. The molecule has 10 heteroatoms. The smallest absolute Gasteiger partial charge is 0.397 e. The maximum atomic E-state index is 12.6. The van der Waals surface area contributed by atoms with E-state index < -0.39 is 13.5 Å². The molecule has 1 N–H and O–H groups in total. The van der Waals surface area contributed by atoms with Gasteiger partial charge in [0, 0.05) is 25.1 Å². The van der Waals surface area contributed by atoms with Crippen molar-refractivity contribution in [1.29, 1.82) is 0 Å². The third-order valence-corrected chi connectivity index (χ3v) is 5.22. The second kappa shape index (κ2) is 17.1. The third-order valence-electron chi connectivity index (χ3n) is 5.22. The van der Waals surface area contributed by atoms with Crippen LogP contribution in [0.3, 0.4) is 0 Å². The summed E-state index contributed by atoms with van der Waals surface area (Å²) in [5, 5.41) is 2.71. The molecular weight excluding hydrogens is 437 g/mol. The van der Waals surface area contributed by atoms with Gasteiger partial charge in [0.25, 0.3) is 0 Å². The number of nitrogens with one attached hydrogen (secondary N) is 1. The van der Waals surface area contributed by atoms with E-state index in [1.165, 1.54) is 4.90 Å². The van der Waals surface area contributed by atoms with Crippen LogP contribution in [0.1, 0.15) is 61.3 Å². The maximum Gasteiger partial charge on any atom is 0.558 e. The number of carbonyl (C=O) groups is 1. The summed E-state index contributed by atoms with van der Waals surface area (Å²) in [6.45, 7) is 21.0. The van der Waals surface area contributed by atoms with Crippen molar-refractivity contribution in [2.75, 3.05) is 39.6 Å². The summed E-state index contributed by atoms with van der Waals surface area (Å²) >= 11 is 0. The van der Waals surface area contributed by atoms with Crippen LogP contribution in [-0.4, -0.2) is 87.1 Å². The Labute approximate surface area is 206 Å². The van der Waals surface area contributed by atoms with Crippen LogP contribution >= 0.6 is 0 Å². The van der Waals surface area contributed by atoms with Crippen molar-refractivity contribution in [3.05, 3.63) is 24.6 Å². The topological polar surface area (TPSA) is 81.7 Å². The van der Waals surface area contributed by atoms with Crippen LogP contribution in [0.4, 0.5) is 4.79 Å². The lowest BCUT2D eigenvalue weighted by Gasteiger charge is -2.36. The zero-order valence-corrected chi connectivity index (χ0v) is 22.2. The zero-order chi connectivity index (χ0) is 25.5. The van der Waals surface area contributed by atoms with E-state index in [1.54, 1.807) is 12.3 Å². The Balaban J connectivity index is 2.87. The van der Waals surface area contributed by atoms with Gasteiger partial charge in [0.05, 0.1) is 32.5 Å². The van der Waals surface area contributed by atoms with Crippen LogP contribution < -0.4 is 5.32 Å². The molecule has 0 aliphatic carbocycles. The zero-order valence-electron chi connectivity index (χ0n) is 22.2. The van der Waals surface area contributed by atoms with Crippen LogP contribution in [0.25, 0.3) is 0 Å². The Morgan fingerprint density at radius 3 is 2.26 bits per heavy atom. The summed E-state index contributed by atoms with van der Waals surface area (Å²) < 4.78 is 29.7. The predicted octanol–water partition coefficient (Wildman–Crippen LogP) is 3.76. The molecule has 9 nitrogen and oxygen atoms in total. The highest BCUT2D eigenvalue weighted by atomic mass is 16.6. The standard InChI is InChI=1S/C24H46BN3O6/c1-9-14-32-25(28(19(4)5)20(6)7)33-17-22(10-2)34-23(18-31-16-15-30-11-3)27-13-12-21(8)26-24(27)29/h12-13,19-20,22-23H,8-11,14-18H2,1-7H3,(H,26,29). The molecule has 34 heavy (non-hydrogen) atoms. The number of hydrogen-bond donors (Lipinski definition) is 1. The van der Waals surface area contributed by atoms with Crippen LogP contribution in [0.15, 0.2) is 24.6 Å². The summed E-state index contributed by atoms with van der Waals surface area (Å²) in [4.78, 5) is 16.2. The van der Waals surface area contributed by atoms with E-state index >= 15 is 0 Å². The van der Waals surface area contributed by atoms with E-state index in [2.05, 4.69) is 51.3 Å². The van der Waals surface area contributed by atoms with Crippen LogP contribution in [0.5, 0.6) is 0 Å². The normalized spacial score (nSPS) is 16.0. The molecule has 1 rings (SSSR count). The molecule has 2 atom stereocenters. The molecule has 1 aliphatic rings. The van der Waals surface area contributed by atoms with Gasteiger partial charge in [-0.3, -0.25) is 9.71 Å². The number of rotatable bonds is 19. The number of urea groups is 1. The molecule has 0 radical (unpaired) electrons. The second-order valence-electron chi connectivity index (χ2n) is 8.72. The Hall–Kier alpha value is -1.43. The van der Waals surface area contributed by atoms with Gasteiger partial charge >= 0.3 is 13.3 Å². The van der Waals surface area contributed by atoms with E-state index in [0.29, 0.717) is 45.2 Å². The van der Waals surface area contributed by atoms with Crippen molar-refractivity contribution in [3.8, 4) is 0 Å². The van der Waals surface area contributed by atoms with Crippen molar-refractivity contribution in [3.63, 3.8) is 0 Å². The molecule has 0 aromatic rings. The first kappa shape index (κ1) is 30.6. The van der Waals surface area contributed by atoms with E-state index in [0.717, 1.165) is 6.42 Å². The fourth-order valence-electron chi connectivity index (χ4n) is 3.53. The fourth-order valence-corrected chi connectivity index (χ4v) is 3.53. The third kappa shape index (κ3) is 10.9. The highest BCUT2D eigenvalue weighted by Gasteiger charge is 2.34. The Morgan fingerprint density at radius 2 is 1.71 bits per heavy atom. The summed E-state index contributed by atoms with van der Waals surface area (Å²) in [5.41, 5.74) is 0.533. The molecule has 196 valence electrons. The van der Waals surface area contributed by atoms with Crippen LogP contribution in [0, 0.1) is 0 Å². The SMILES string of the molecule is C=C1C=CN(C(COCCOCC)OC(CC)COB(OCCC)N(C(C)C)C(C)C)C(=O)N1. The molecule has 0 saturated carbocycles. The number of amides is 2. The van der Waals surface area contributed by atoms with Crippen molar-refractivity contribution in [2.24, 2.45) is 0 Å². The fraction of sp³-hybridized carbons (Fsp3) is 0.792. The van der Waals surface area contributed by atoms with Crippen molar-refractivity contribution < 1.29 is 28.3 Å². The molecule has 0 aromatic heterocycles. The maximum absolute atomic E-state index is 12.6. The average Bonchev–Trinajstić information content (AvgIpc) is 2.78. The number of carbonyl (C=O) groups excluding carboxylic acids is 1. The second-order valence-corrected chi connectivity index (χ2v) is 8.72. The Bertz CT molecular complexity index is 612. The van der Waals surface area contributed by atoms with Gasteiger partial charge in [0.1, 0.15) is 0 Å². The molecule has 0 aromatic carbocycles. The van der Waals surface area contributed by atoms with Crippen molar-refractivity contribution >= 4 is 13.3 Å². The Morgan fingerprint density at radius 1 is 1.03 bits per heavy atom. The van der Waals surface area contributed by atoms with Gasteiger partial charge in [-0.2, -0.15) is 0 Å². The number of hydrogen-bond acceptors (Lipinski definition) is 7. The summed E-state index contributed by atoms with van der Waals surface area (Å²) in [7, 11) is -0.472. The molecule has 2 unspecified atom stereocenters. The van der Waals surface area contributed by atoms with Gasteiger partial charge in [-0.1, -0.05) is 48.1 Å². The van der Waals surface area contributed by atoms with E-state index in [-0.39, 0.29) is 30.8 Å². The first-order valence-corrected chi connectivity index (χ1v) is 12.5. The van der Waals surface area contributed by atoms with E-state index in [1.807, 2.05) is 13.8 Å². The van der Waals surface area contributed by atoms with Gasteiger partial charge in [0.15, 0.2) is 6.23 Å². The van der Waals surface area contributed by atoms with Gasteiger partial charge < -0.3 is 28.8 Å². The van der Waals surface area contributed by atoms with Crippen molar-refractivity contribution in [1.82, 2.24) is 15.0 Å². The summed E-state index contributed by atoms with van der Waals surface area (Å²) in [5.74, 6) is 0. The number of allylic oxidation sites excluding steroid dienone is 1. The first-order chi connectivity index (χ1) is 16.2. The molecule has 2 amide bonds. The molecular formula is C24H46BN3O6. The minimum atomic E-state index is -0.624.